The van der Waals surface area contributed by atoms with Crippen molar-refractivity contribution in [1.29, 1.82) is 0 Å². The van der Waals surface area contributed by atoms with Crippen LogP contribution < -0.4 is 4.74 Å². The molecule has 5 nitrogen and oxygen atoms in total. The maximum Gasteiger partial charge on any atom is 0.308 e. The number of ether oxygens (including phenoxy) is 1. The molecule has 1 heterocycles. The van der Waals surface area contributed by atoms with Crippen LogP contribution in [0, 0.1) is 12.8 Å². The molecular formula is C15H18ClNO4. The molecule has 1 amide bonds. The number of rotatable bonds is 4. The Morgan fingerprint density at radius 1 is 1.48 bits per heavy atom. The van der Waals surface area contributed by atoms with Gasteiger partial charge in [-0.15, -0.1) is 0 Å². The van der Waals surface area contributed by atoms with Crippen LogP contribution in [0.3, 0.4) is 0 Å². The lowest BCUT2D eigenvalue weighted by Crippen LogP contribution is -2.44. The number of amides is 1. The molecule has 1 N–H and O–H groups in total. The Bertz CT molecular complexity index is 546. The van der Waals surface area contributed by atoms with Crippen molar-refractivity contribution < 1.29 is 19.4 Å². The van der Waals surface area contributed by atoms with E-state index < -0.39 is 11.9 Å². The number of hydrogen-bond donors (Lipinski definition) is 1. The Hall–Kier alpha value is -1.75. The third kappa shape index (κ3) is 3.88. The zero-order chi connectivity index (χ0) is 15.4. The standard InChI is InChI=1S/C15H18ClNO4/c1-10-12(16)5-2-6-13(10)21-9-14(18)17-7-3-4-11(8-17)15(19)20/h2,5-6,11H,3-4,7-9H2,1H3,(H,19,20)/t11-/m0/s1. The Labute approximate surface area is 128 Å². The van der Waals surface area contributed by atoms with Crippen molar-refractivity contribution in [2.75, 3.05) is 19.7 Å². The summed E-state index contributed by atoms with van der Waals surface area (Å²) in [6.45, 7) is 2.56. The van der Waals surface area contributed by atoms with Crippen LogP contribution in [-0.2, 0) is 9.59 Å². The predicted octanol–water partition coefficient (Wildman–Crippen LogP) is 2.35. The molecule has 0 unspecified atom stereocenters. The number of nitrogens with zero attached hydrogens (tertiary/aromatic N) is 1. The van der Waals surface area contributed by atoms with Gasteiger partial charge in [0.1, 0.15) is 5.75 Å². The fourth-order valence-electron chi connectivity index (χ4n) is 2.38. The van der Waals surface area contributed by atoms with Gasteiger partial charge in [0.25, 0.3) is 5.91 Å². The van der Waals surface area contributed by atoms with E-state index >= 15 is 0 Å². The van der Waals surface area contributed by atoms with Crippen LogP contribution >= 0.6 is 11.6 Å². The molecule has 1 aliphatic heterocycles. The molecule has 1 aromatic carbocycles. The van der Waals surface area contributed by atoms with E-state index in [0.717, 1.165) is 5.56 Å². The highest BCUT2D eigenvalue weighted by Gasteiger charge is 2.28. The summed E-state index contributed by atoms with van der Waals surface area (Å²) in [6.07, 6.45) is 1.33. The molecular weight excluding hydrogens is 294 g/mol. The summed E-state index contributed by atoms with van der Waals surface area (Å²) >= 11 is 5.99. The molecule has 6 heteroatoms. The molecule has 2 rings (SSSR count). The monoisotopic (exact) mass is 311 g/mol. The summed E-state index contributed by atoms with van der Waals surface area (Å²) in [6, 6.07) is 5.27. The van der Waals surface area contributed by atoms with Crippen molar-refractivity contribution in [3.8, 4) is 5.75 Å². The normalized spacial score (nSPS) is 18.4. The molecule has 1 atom stereocenters. The Kier molecular flexibility index (Phi) is 5.07. The first-order valence-electron chi connectivity index (χ1n) is 6.87. The summed E-state index contributed by atoms with van der Waals surface area (Å²) in [5.41, 5.74) is 0.786. The number of hydrogen-bond acceptors (Lipinski definition) is 3. The maximum absolute atomic E-state index is 12.1. The van der Waals surface area contributed by atoms with Crippen LogP contribution in [0.1, 0.15) is 18.4 Å². The first-order valence-corrected chi connectivity index (χ1v) is 7.25. The molecule has 1 saturated heterocycles. The van der Waals surface area contributed by atoms with E-state index in [2.05, 4.69) is 0 Å². The zero-order valence-corrected chi connectivity index (χ0v) is 12.6. The van der Waals surface area contributed by atoms with Gasteiger partial charge in [-0.3, -0.25) is 9.59 Å². The number of carboxylic acids is 1. The summed E-state index contributed by atoms with van der Waals surface area (Å²) < 4.78 is 5.51. The van der Waals surface area contributed by atoms with Crippen LogP contribution in [0.2, 0.25) is 5.02 Å². The smallest absolute Gasteiger partial charge is 0.308 e. The first-order chi connectivity index (χ1) is 9.99. The summed E-state index contributed by atoms with van der Waals surface area (Å²) in [4.78, 5) is 24.7. The Morgan fingerprint density at radius 2 is 2.24 bits per heavy atom. The van der Waals surface area contributed by atoms with Gasteiger partial charge in [-0.1, -0.05) is 17.7 Å². The quantitative estimate of drug-likeness (QED) is 0.927. The fraction of sp³-hybridized carbons (Fsp3) is 0.467. The van der Waals surface area contributed by atoms with Gasteiger partial charge >= 0.3 is 5.97 Å². The molecule has 1 aliphatic rings. The van der Waals surface area contributed by atoms with Gasteiger partial charge in [0.2, 0.25) is 0 Å². The van der Waals surface area contributed by atoms with E-state index in [9.17, 15) is 9.59 Å². The van der Waals surface area contributed by atoms with Crippen LogP contribution in [0.15, 0.2) is 18.2 Å². The van der Waals surface area contributed by atoms with Gasteiger partial charge in [0.15, 0.2) is 6.61 Å². The van der Waals surface area contributed by atoms with E-state index in [1.807, 2.05) is 6.92 Å². The van der Waals surface area contributed by atoms with Crippen LogP contribution in [0.4, 0.5) is 0 Å². The number of halogens is 1. The molecule has 0 saturated carbocycles. The molecule has 114 valence electrons. The molecule has 0 aromatic heterocycles. The van der Waals surface area contributed by atoms with Gasteiger partial charge in [-0.25, -0.2) is 0 Å². The molecule has 0 bridgehead atoms. The number of likely N-dealkylation sites (tertiary alicyclic amines) is 1. The second-order valence-corrected chi connectivity index (χ2v) is 5.58. The second kappa shape index (κ2) is 6.80. The molecule has 1 aromatic rings. The third-order valence-electron chi connectivity index (χ3n) is 3.69. The number of aliphatic carboxylic acids is 1. The maximum atomic E-state index is 12.1. The van der Waals surface area contributed by atoms with E-state index in [1.165, 1.54) is 0 Å². The molecule has 0 radical (unpaired) electrons. The van der Waals surface area contributed by atoms with Gasteiger partial charge in [0.05, 0.1) is 5.92 Å². The van der Waals surface area contributed by atoms with Crippen molar-refractivity contribution >= 4 is 23.5 Å². The van der Waals surface area contributed by atoms with Gasteiger partial charge in [0, 0.05) is 23.7 Å². The SMILES string of the molecule is Cc1c(Cl)cccc1OCC(=O)N1CCC[C@H](C(=O)O)C1. The first kappa shape index (κ1) is 15.6. The highest BCUT2D eigenvalue weighted by molar-refractivity contribution is 6.31. The minimum atomic E-state index is -0.848. The molecule has 21 heavy (non-hydrogen) atoms. The zero-order valence-electron chi connectivity index (χ0n) is 11.8. The lowest BCUT2D eigenvalue weighted by atomic mass is 9.98. The number of benzene rings is 1. The highest BCUT2D eigenvalue weighted by atomic mass is 35.5. The summed E-state index contributed by atoms with van der Waals surface area (Å²) in [5.74, 6) is -0.947. The fourth-order valence-corrected chi connectivity index (χ4v) is 2.55. The second-order valence-electron chi connectivity index (χ2n) is 5.17. The minimum Gasteiger partial charge on any atom is -0.483 e. The topological polar surface area (TPSA) is 66.8 Å². The highest BCUT2D eigenvalue weighted by Crippen LogP contribution is 2.25. The Balaban J connectivity index is 1.92. The molecule has 0 aliphatic carbocycles. The molecule has 0 spiro atoms. The predicted molar refractivity (Wildman–Crippen MR) is 78.6 cm³/mol. The number of carbonyl (C=O) groups excluding carboxylic acids is 1. The lowest BCUT2D eigenvalue weighted by molar-refractivity contribution is -0.146. The average Bonchev–Trinajstić information content (AvgIpc) is 2.48. The Morgan fingerprint density at radius 3 is 2.95 bits per heavy atom. The lowest BCUT2D eigenvalue weighted by Gasteiger charge is -2.30. The number of carbonyl (C=O) groups is 2. The summed E-state index contributed by atoms with van der Waals surface area (Å²) in [5, 5.41) is 9.62. The molecule has 1 fully saturated rings. The van der Waals surface area contributed by atoms with E-state index in [1.54, 1.807) is 23.1 Å². The van der Waals surface area contributed by atoms with E-state index in [4.69, 9.17) is 21.4 Å². The van der Waals surface area contributed by atoms with Crippen molar-refractivity contribution in [3.63, 3.8) is 0 Å². The number of piperidine rings is 1. The largest absolute Gasteiger partial charge is 0.483 e. The van der Waals surface area contributed by atoms with Crippen molar-refractivity contribution in [3.05, 3.63) is 28.8 Å². The van der Waals surface area contributed by atoms with Crippen molar-refractivity contribution in [2.45, 2.75) is 19.8 Å². The van der Waals surface area contributed by atoms with Gasteiger partial charge < -0.3 is 14.7 Å². The third-order valence-corrected chi connectivity index (χ3v) is 4.10. The van der Waals surface area contributed by atoms with Gasteiger partial charge in [-0.05, 0) is 31.9 Å². The number of carboxylic acid groups (broad SMARTS) is 1. The van der Waals surface area contributed by atoms with Crippen LogP contribution in [0.25, 0.3) is 0 Å². The van der Waals surface area contributed by atoms with Crippen molar-refractivity contribution in [2.24, 2.45) is 5.92 Å². The van der Waals surface area contributed by atoms with Crippen molar-refractivity contribution in [1.82, 2.24) is 4.90 Å². The summed E-state index contributed by atoms with van der Waals surface area (Å²) in [7, 11) is 0. The van der Waals surface area contributed by atoms with E-state index in [0.29, 0.717) is 30.2 Å². The minimum absolute atomic E-state index is 0.104. The van der Waals surface area contributed by atoms with Crippen LogP contribution in [-0.4, -0.2) is 41.6 Å². The van der Waals surface area contributed by atoms with Crippen LogP contribution in [0.5, 0.6) is 5.75 Å². The van der Waals surface area contributed by atoms with Gasteiger partial charge in [-0.2, -0.15) is 0 Å². The van der Waals surface area contributed by atoms with E-state index in [-0.39, 0.29) is 19.1 Å². The average molecular weight is 312 g/mol.